The number of benzene rings is 1. The zero-order valence-corrected chi connectivity index (χ0v) is 15.8. The van der Waals surface area contributed by atoms with E-state index >= 15 is 0 Å². The molecule has 1 aliphatic rings. The molecule has 0 atom stereocenters. The largest absolute Gasteiger partial charge is 0.484 e. The highest BCUT2D eigenvalue weighted by Crippen LogP contribution is 2.12. The lowest BCUT2D eigenvalue weighted by Gasteiger charge is -2.30. The van der Waals surface area contributed by atoms with Crippen LogP contribution < -0.4 is 4.74 Å². The second kappa shape index (κ2) is 11.9. The van der Waals surface area contributed by atoms with E-state index < -0.39 is 0 Å². The number of carbonyl (C=O) groups excluding carboxylic acids is 1. The molecule has 6 heteroatoms. The molecular formula is C20H31FN2O3. The fraction of sp³-hybridized carbons (Fsp3) is 0.650. The monoisotopic (exact) mass is 366 g/mol. The zero-order valence-electron chi connectivity index (χ0n) is 15.8. The van der Waals surface area contributed by atoms with Gasteiger partial charge in [0.2, 0.25) is 0 Å². The summed E-state index contributed by atoms with van der Waals surface area (Å²) in [6.07, 6.45) is 4.49. The molecule has 2 rings (SSSR count). The molecule has 0 aromatic heterocycles. The molecule has 1 aliphatic heterocycles. The third-order valence-corrected chi connectivity index (χ3v) is 4.58. The molecule has 1 amide bonds. The summed E-state index contributed by atoms with van der Waals surface area (Å²) < 4.78 is 24.1. The molecule has 0 unspecified atom stereocenters. The Hall–Kier alpha value is -1.66. The Kier molecular flexibility index (Phi) is 9.42. The summed E-state index contributed by atoms with van der Waals surface area (Å²) in [4.78, 5) is 16.8. The van der Waals surface area contributed by atoms with E-state index in [0.29, 0.717) is 12.3 Å². The number of nitrogens with zero attached hydrogens (tertiary/aromatic N) is 2. The molecule has 26 heavy (non-hydrogen) atoms. The molecule has 146 valence electrons. The molecule has 1 aromatic rings. The van der Waals surface area contributed by atoms with Gasteiger partial charge < -0.3 is 14.4 Å². The Labute approximate surface area is 156 Å². The van der Waals surface area contributed by atoms with Crippen LogP contribution in [-0.2, 0) is 9.53 Å². The number of halogens is 1. The summed E-state index contributed by atoms with van der Waals surface area (Å²) in [7, 11) is 0. The van der Waals surface area contributed by atoms with Crippen molar-refractivity contribution in [3.63, 3.8) is 0 Å². The highest BCUT2D eigenvalue weighted by molar-refractivity contribution is 5.77. The Morgan fingerprint density at radius 1 is 1.23 bits per heavy atom. The highest BCUT2D eigenvalue weighted by atomic mass is 19.1. The maximum Gasteiger partial charge on any atom is 0.260 e. The van der Waals surface area contributed by atoms with E-state index in [-0.39, 0.29) is 18.3 Å². The number of ether oxygens (including phenoxy) is 2. The molecule has 0 saturated carbocycles. The van der Waals surface area contributed by atoms with Crippen LogP contribution in [0.3, 0.4) is 0 Å². The van der Waals surface area contributed by atoms with Gasteiger partial charge in [0.05, 0.1) is 13.2 Å². The maximum atomic E-state index is 13.2. The lowest BCUT2D eigenvalue weighted by Crippen LogP contribution is -2.44. The van der Waals surface area contributed by atoms with Gasteiger partial charge in [-0.05, 0) is 18.6 Å². The molecule has 0 spiro atoms. The smallest absolute Gasteiger partial charge is 0.260 e. The van der Waals surface area contributed by atoms with Gasteiger partial charge in [-0.2, -0.15) is 0 Å². The van der Waals surface area contributed by atoms with E-state index in [9.17, 15) is 9.18 Å². The van der Waals surface area contributed by atoms with Gasteiger partial charge in [0.25, 0.3) is 5.91 Å². The summed E-state index contributed by atoms with van der Waals surface area (Å²) in [5.74, 6) is -0.0184. The first-order valence-electron chi connectivity index (χ1n) is 9.65. The first-order valence-corrected chi connectivity index (χ1v) is 9.65. The summed E-state index contributed by atoms with van der Waals surface area (Å²) in [6.45, 7) is 7.75. The van der Waals surface area contributed by atoms with Gasteiger partial charge in [-0.25, -0.2) is 4.39 Å². The van der Waals surface area contributed by atoms with Crippen molar-refractivity contribution >= 4 is 5.91 Å². The predicted octanol–water partition coefficient (Wildman–Crippen LogP) is 2.95. The van der Waals surface area contributed by atoms with Crippen LogP contribution in [0.25, 0.3) is 0 Å². The van der Waals surface area contributed by atoms with Crippen molar-refractivity contribution in [1.82, 2.24) is 9.80 Å². The van der Waals surface area contributed by atoms with Gasteiger partial charge >= 0.3 is 0 Å². The average Bonchev–Trinajstić information content (AvgIpc) is 2.66. The number of hydrogen-bond donors (Lipinski definition) is 0. The fourth-order valence-electron chi connectivity index (χ4n) is 2.97. The molecule has 0 radical (unpaired) electrons. The molecule has 1 heterocycles. The minimum absolute atomic E-state index is 0.0426. The van der Waals surface area contributed by atoms with E-state index in [1.165, 1.54) is 25.0 Å². The Balaban J connectivity index is 1.82. The molecular weight excluding hydrogens is 335 g/mol. The van der Waals surface area contributed by atoms with Crippen LogP contribution in [0.4, 0.5) is 4.39 Å². The van der Waals surface area contributed by atoms with E-state index in [0.717, 1.165) is 52.2 Å². The van der Waals surface area contributed by atoms with Gasteiger partial charge in [-0.1, -0.05) is 32.3 Å². The van der Waals surface area contributed by atoms with E-state index in [1.807, 2.05) is 4.90 Å². The van der Waals surface area contributed by atoms with Crippen molar-refractivity contribution in [3.8, 4) is 5.75 Å². The average molecular weight is 366 g/mol. The van der Waals surface area contributed by atoms with Crippen molar-refractivity contribution in [3.05, 3.63) is 30.1 Å². The molecule has 1 aromatic carbocycles. The molecule has 0 bridgehead atoms. The normalized spacial score (nSPS) is 15.0. The number of carbonyl (C=O) groups is 1. The second-order valence-corrected chi connectivity index (χ2v) is 6.64. The Morgan fingerprint density at radius 3 is 2.77 bits per heavy atom. The van der Waals surface area contributed by atoms with Crippen LogP contribution in [0, 0.1) is 5.82 Å². The van der Waals surface area contributed by atoms with Crippen LogP contribution in [-0.4, -0.2) is 68.3 Å². The van der Waals surface area contributed by atoms with Crippen molar-refractivity contribution in [1.29, 1.82) is 0 Å². The van der Waals surface area contributed by atoms with Crippen LogP contribution in [0.2, 0.25) is 0 Å². The highest BCUT2D eigenvalue weighted by Gasteiger charge is 2.17. The van der Waals surface area contributed by atoms with Crippen molar-refractivity contribution in [2.45, 2.75) is 32.6 Å². The summed E-state index contributed by atoms with van der Waals surface area (Å²) in [6, 6.07) is 5.90. The molecule has 0 aliphatic carbocycles. The first kappa shape index (κ1) is 20.6. The standard InChI is InChI=1S/C20H31FN2O3/c1-2-3-4-5-9-23(11-10-22-12-14-25-15-13-22)20(24)17-26-19-8-6-7-18(21)16-19/h6-8,16H,2-5,9-15,17H2,1H3. The zero-order chi connectivity index (χ0) is 18.6. The van der Waals surface area contributed by atoms with Gasteiger partial charge in [0, 0.05) is 38.8 Å². The predicted molar refractivity (Wildman–Crippen MR) is 99.9 cm³/mol. The third kappa shape index (κ3) is 7.70. The van der Waals surface area contributed by atoms with Crippen molar-refractivity contribution in [2.24, 2.45) is 0 Å². The number of unbranched alkanes of at least 4 members (excludes halogenated alkanes) is 3. The van der Waals surface area contributed by atoms with Gasteiger partial charge in [-0.3, -0.25) is 9.69 Å². The van der Waals surface area contributed by atoms with Gasteiger partial charge in [0.15, 0.2) is 6.61 Å². The second-order valence-electron chi connectivity index (χ2n) is 6.64. The summed E-state index contributed by atoms with van der Waals surface area (Å²) in [5, 5.41) is 0. The van der Waals surface area contributed by atoms with Gasteiger partial charge in [-0.15, -0.1) is 0 Å². The van der Waals surface area contributed by atoms with Crippen LogP contribution in [0.5, 0.6) is 5.75 Å². The number of rotatable bonds is 11. The number of hydrogen-bond acceptors (Lipinski definition) is 4. The molecule has 5 nitrogen and oxygen atoms in total. The Bertz CT molecular complexity index is 536. The number of morpholine rings is 1. The third-order valence-electron chi connectivity index (χ3n) is 4.58. The first-order chi connectivity index (χ1) is 12.7. The quantitative estimate of drug-likeness (QED) is 0.565. The number of amides is 1. The van der Waals surface area contributed by atoms with E-state index in [4.69, 9.17) is 9.47 Å². The summed E-state index contributed by atoms with van der Waals surface area (Å²) >= 11 is 0. The Morgan fingerprint density at radius 2 is 2.04 bits per heavy atom. The molecule has 1 fully saturated rings. The van der Waals surface area contributed by atoms with E-state index in [1.54, 1.807) is 12.1 Å². The van der Waals surface area contributed by atoms with E-state index in [2.05, 4.69) is 11.8 Å². The minimum Gasteiger partial charge on any atom is -0.484 e. The van der Waals surface area contributed by atoms with Crippen molar-refractivity contribution < 1.29 is 18.7 Å². The molecule has 1 saturated heterocycles. The fourth-order valence-corrected chi connectivity index (χ4v) is 2.97. The topological polar surface area (TPSA) is 42.0 Å². The van der Waals surface area contributed by atoms with Gasteiger partial charge in [0.1, 0.15) is 11.6 Å². The SMILES string of the molecule is CCCCCCN(CCN1CCOCC1)C(=O)COc1cccc(F)c1. The lowest BCUT2D eigenvalue weighted by atomic mass is 10.2. The minimum atomic E-state index is -0.362. The maximum absolute atomic E-state index is 13.2. The lowest BCUT2D eigenvalue weighted by molar-refractivity contribution is -0.133. The van der Waals surface area contributed by atoms with Crippen LogP contribution in [0.15, 0.2) is 24.3 Å². The van der Waals surface area contributed by atoms with Crippen LogP contribution >= 0.6 is 0 Å². The molecule has 0 N–H and O–H groups in total. The van der Waals surface area contributed by atoms with Crippen LogP contribution in [0.1, 0.15) is 32.6 Å². The summed E-state index contributed by atoms with van der Waals surface area (Å²) in [5.41, 5.74) is 0. The van der Waals surface area contributed by atoms with Crippen molar-refractivity contribution in [2.75, 3.05) is 52.5 Å².